The van der Waals surface area contributed by atoms with Gasteiger partial charge in [0, 0.05) is 0 Å². The number of rotatable bonds is 10. The van der Waals surface area contributed by atoms with Crippen LogP contribution in [0.4, 0.5) is 4.79 Å². The summed E-state index contributed by atoms with van der Waals surface area (Å²) in [6.45, 7) is 3.68. The third-order valence-corrected chi connectivity index (χ3v) is 6.35. The van der Waals surface area contributed by atoms with E-state index < -0.39 is 54.0 Å². The molecule has 9 heteroatoms. The average molecular weight is 496 g/mol. The van der Waals surface area contributed by atoms with E-state index in [0.29, 0.717) is 11.1 Å². The smallest absolute Gasteiger partial charge is 0.411 e. The summed E-state index contributed by atoms with van der Waals surface area (Å²) in [4.78, 5) is 54.0. The number of carbonyl (C=O) groups excluding carboxylic acids is 4. The Morgan fingerprint density at radius 3 is 1.94 bits per heavy atom. The first kappa shape index (κ1) is 26.5. The van der Waals surface area contributed by atoms with Gasteiger partial charge in [0.15, 0.2) is 11.5 Å². The van der Waals surface area contributed by atoms with Crippen molar-refractivity contribution in [3.63, 3.8) is 0 Å². The highest BCUT2D eigenvalue weighted by atomic mass is 16.6. The number of hydrogen-bond acceptors (Lipinski definition) is 8. The van der Waals surface area contributed by atoms with Crippen LogP contribution in [0.25, 0.3) is 0 Å². The molecule has 9 nitrogen and oxygen atoms in total. The lowest BCUT2D eigenvalue weighted by Gasteiger charge is -2.41. The van der Waals surface area contributed by atoms with Gasteiger partial charge in [0.05, 0.1) is 33.8 Å². The van der Waals surface area contributed by atoms with E-state index in [1.807, 2.05) is 36.4 Å². The molecular formula is C27H29NO8. The number of nitrogens with zero attached hydrogens (tertiary/aromatic N) is 1. The van der Waals surface area contributed by atoms with Gasteiger partial charge in [0.2, 0.25) is 0 Å². The Morgan fingerprint density at radius 2 is 1.47 bits per heavy atom. The molecule has 3 atom stereocenters. The molecule has 1 heterocycles. The van der Waals surface area contributed by atoms with Crippen LogP contribution in [-0.4, -0.2) is 56.3 Å². The topological polar surface area (TPSA) is 108 Å². The lowest BCUT2D eigenvalue weighted by Crippen LogP contribution is -2.58. The number of esters is 3. The molecule has 1 aliphatic heterocycles. The van der Waals surface area contributed by atoms with Crippen molar-refractivity contribution in [2.45, 2.75) is 31.0 Å². The standard InChI is InChI=1S/C27H29NO8/c1-5-16-27(24(30)34-3,25(31)35-4)20(17-21(29)33-2)28-22(18-12-8-6-9-13-18)23(36-26(28)32)19-14-10-7-11-15-19/h5-15,20,22-23H,1,16-17H2,2-4H3/t20-,22+,23-/m1/s1. The number of ether oxygens (including phenoxy) is 4. The van der Waals surface area contributed by atoms with Crippen molar-refractivity contribution in [1.29, 1.82) is 0 Å². The second-order valence-corrected chi connectivity index (χ2v) is 8.22. The van der Waals surface area contributed by atoms with Gasteiger partial charge in [0.25, 0.3) is 0 Å². The third kappa shape index (κ3) is 4.82. The molecular weight excluding hydrogens is 466 g/mol. The summed E-state index contributed by atoms with van der Waals surface area (Å²) in [5.41, 5.74) is -0.740. The van der Waals surface area contributed by atoms with E-state index in [2.05, 4.69) is 6.58 Å². The maximum absolute atomic E-state index is 13.5. The minimum atomic E-state index is -2.11. The molecule has 0 bridgehead atoms. The molecule has 190 valence electrons. The summed E-state index contributed by atoms with van der Waals surface area (Å²) in [7, 11) is 3.40. The number of allylic oxidation sites excluding steroid dienone is 1. The maximum Gasteiger partial charge on any atom is 0.411 e. The van der Waals surface area contributed by atoms with Crippen LogP contribution < -0.4 is 0 Å². The van der Waals surface area contributed by atoms with Gasteiger partial charge in [-0.05, 0) is 17.5 Å². The van der Waals surface area contributed by atoms with Crippen molar-refractivity contribution in [2.75, 3.05) is 21.3 Å². The monoisotopic (exact) mass is 495 g/mol. The summed E-state index contributed by atoms with van der Waals surface area (Å²) in [6, 6.07) is 15.9. The van der Waals surface area contributed by atoms with Gasteiger partial charge in [-0.2, -0.15) is 0 Å². The molecule has 1 fully saturated rings. The molecule has 0 spiro atoms. The van der Waals surface area contributed by atoms with Gasteiger partial charge in [-0.25, -0.2) is 4.79 Å². The Bertz CT molecular complexity index is 1090. The van der Waals surface area contributed by atoms with Crippen molar-refractivity contribution in [3.8, 4) is 0 Å². The normalized spacial score (nSPS) is 18.1. The van der Waals surface area contributed by atoms with Gasteiger partial charge in [-0.3, -0.25) is 19.3 Å². The fourth-order valence-corrected chi connectivity index (χ4v) is 4.69. The second kappa shape index (κ2) is 11.5. The van der Waals surface area contributed by atoms with Crippen molar-refractivity contribution >= 4 is 24.0 Å². The van der Waals surface area contributed by atoms with Crippen LogP contribution in [0.2, 0.25) is 0 Å². The van der Waals surface area contributed by atoms with Crippen LogP contribution >= 0.6 is 0 Å². The van der Waals surface area contributed by atoms with Gasteiger partial charge in [0.1, 0.15) is 6.04 Å². The molecule has 1 amide bonds. The van der Waals surface area contributed by atoms with E-state index in [0.717, 1.165) is 14.2 Å². The van der Waals surface area contributed by atoms with E-state index in [4.69, 9.17) is 18.9 Å². The fourth-order valence-electron chi connectivity index (χ4n) is 4.69. The van der Waals surface area contributed by atoms with Crippen LogP contribution in [0.3, 0.4) is 0 Å². The number of amides is 1. The van der Waals surface area contributed by atoms with Crippen molar-refractivity contribution in [2.24, 2.45) is 5.41 Å². The van der Waals surface area contributed by atoms with E-state index >= 15 is 0 Å². The lowest BCUT2D eigenvalue weighted by molar-refractivity contribution is -0.175. The number of hydrogen-bond donors (Lipinski definition) is 0. The Morgan fingerprint density at radius 1 is 0.944 bits per heavy atom. The summed E-state index contributed by atoms with van der Waals surface area (Å²) in [5, 5.41) is 0. The number of benzene rings is 2. The Balaban J connectivity index is 2.29. The molecule has 1 saturated heterocycles. The molecule has 2 aromatic rings. The minimum Gasteiger partial charge on any atom is -0.469 e. The molecule has 0 saturated carbocycles. The second-order valence-electron chi connectivity index (χ2n) is 8.22. The highest BCUT2D eigenvalue weighted by Gasteiger charge is 2.61. The van der Waals surface area contributed by atoms with Crippen LogP contribution in [0.1, 0.15) is 36.1 Å². The quantitative estimate of drug-likeness (QED) is 0.212. The van der Waals surface area contributed by atoms with Crippen molar-refractivity contribution in [1.82, 2.24) is 4.90 Å². The highest BCUT2D eigenvalue weighted by Crippen LogP contribution is 2.49. The largest absolute Gasteiger partial charge is 0.469 e. The number of carbonyl (C=O) groups is 4. The van der Waals surface area contributed by atoms with Crippen LogP contribution in [0, 0.1) is 5.41 Å². The highest BCUT2D eigenvalue weighted by molar-refractivity contribution is 6.02. The fraction of sp³-hybridized carbons (Fsp3) is 0.333. The number of cyclic esters (lactones) is 1. The molecule has 3 rings (SSSR count). The van der Waals surface area contributed by atoms with Gasteiger partial charge in [-0.15, -0.1) is 6.58 Å². The molecule has 36 heavy (non-hydrogen) atoms. The number of methoxy groups -OCH3 is 3. The molecule has 0 N–H and O–H groups in total. The van der Waals surface area contributed by atoms with E-state index in [1.54, 1.807) is 24.3 Å². The summed E-state index contributed by atoms with van der Waals surface area (Å²) in [6.07, 6.45) is -1.04. The zero-order valence-corrected chi connectivity index (χ0v) is 20.4. The van der Waals surface area contributed by atoms with Crippen LogP contribution in [0.15, 0.2) is 73.3 Å². The Kier molecular flexibility index (Phi) is 8.47. The Labute approximate surface area is 209 Å². The first-order valence-corrected chi connectivity index (χ1v) is 11.3. The molecule has 1 aliphatic rings. The SMILES string of the molecule is C=CCC(C(=O)OC)(C(=O)OC)[C@@H](CC(=O)OC)N1C(=O)O[C@H](c2ccccc2)[C@@H]1c1ccccc1. The molecule has 0 aromatic heterocycles. The van der Waals surface area contributed by atoms with Gasteiger partial charge < -0.3 is 18.9 Å². The van der Waals surface area contributed by atoms with E-state index in [-0.39, 0.29) is 6.42 Å². The van der Waals surface area contributed by atoms with E-state index in [1.165, 1.54) is 18.1 Å². The average Bonchev–Trinajstić information content (AvgIpc) is 3.27. The molecule has 0 unspecified atom stereocenters. The zero-order valence-electron chi connectivity index (χ0n) is 20.4. The minimum absolute atomic E-state index is 0.269. The van der Waals surface area contributed by atoms with Gasteiger partial charge >= 0.3 is 24.0 Å². The van der Waals surface area contributed by atoms with Crippen LogP contribution in [0.5, 0.6) is 0 Å². The Hall–Kier alpha value is -4.14. The van der Waals surface area contributed by atoms with Gasteiger partial charge in [-0.1, -0.05) is 66.7 Å². The predicted octanol–water partition coefficient (Wildman–Crippen LogP) is 3.76. The predicted molar refractivity (Wildman–Crippen MR) is 128 cm³/mol. The first-order chi connectivity index (χ1) is 17.3. The third-order valence-electron chi connectivity index (χ3n) is 6.35. The van der Waals surface area contributed by atoms with Crippen molar-refractivity contribution < 1.29 is 38.1 Å². The zero-order chi connectivity index (χ0) is 26.3. The van der Waals surface area contributed by atoms with Crippen LogP contribution in [-0.2, 0) is 33.3 Å². The summed E-state index contributed by atoms with van der Waals surface area (Å²) < 4.78 is 20.7. The lowest BCUT2D eigenvalue weighted by atomic mass is 9.73. The first-order valence-electron chi connectivity index (χ1n) is 11.3. The summed E-state index contributed by atoms with van der Waals surface area (Å²) in [5.74, 6) is -2.71. The molecule has 0 radical (unpaired) electrons. The van der Waals surface area contributed by atoms with E-state index in [9.17, 15) is 19.2 Å². The molecule has 2 aromatic carbocycles. The summed E-state index contributed by atoms with van der Waals surface area (Å²) >= 11 is 0. The van der Waals surface area contributed by atoms with Crippen molar-refractivity contribution in [3.05, 3.63) is 84.4 Å². The molecule has 0 aliphatic carbocycles. The maximum atomic E-state index is 13.5.